The predicted octanol–water partition coefficient (Wildman–Crippen LogP) is 11.5. The molecule has 3 nitrogen and oxygen atoms in total. The zero-order chi connectivity index (χ0) is 31.7. The molecule has 224 valence electrons. The van der Waals surface area contributed by atoms with Gasteiger partial charge in [0.15, 0.2) is 5.82 Å². The molecule has 2 aliphatic rings. The molecule has 2 heterocycles. The Morgan fingerprint density at radius 1 is 0.489 bits per heavy atom. The summed E-state index contributed by atoms with van der Waals surface area (Å²) in [6, 6.07) is 43.6. The van der Waals surface area contributed by atoms with Gasteiger partial charge in [0.25, 0.3) is 0 Å². The van der Waals surface area contributed by atoms with Crippen LogP contribution in [0.4, 0.5) is 0 Å². The van der Waals surface area contributed by atoms with Gasteiger partial charge in [-0.3, -0.25) is 0 Å². The quantitative estimate of drug-likeness (QED) is 0.197. The van der Waals surface area contributed by atoms with E-state index in [1.54, 1.807) is 0 Å². The number of benzene rings is 6. The number of para-hydroxylation sites is 1. The second-order valence-electron chi connectivity index (χ2n) is 14.2. The van der Waals surface area contributed by atoms with Gasteiger partial charge in [0.1, 0.15) is 11.2 Å². The van der Waals surface area contributed by atoms with E-state index in [2.05, 4.69) is 149 Å². The normalized spacial score (nSPS) is 15.1. The van der Waals surface area contributed by atoms with Crippen molar-refractivity contribution in [1.29, 1.82) is 0 Å². The number of fused-ring (bicyclic) bond motifs is 11. The van der Waals surface area contributed by atoms with E-state index in [0.717, 1.165) is 49.7 Å². The van der Waals surface area contributed by atoms with E-state index in [1.165, 1.54) is 44.5 Å². The van der Waals surface area contributed by atoms with Crippen LogP contribution in [0.1, 0.15) is 49.9 Å². The van der Waals surface area contributed by atoms with Gasteiger partial charge in [-0.25, -0.2) is 9.97 Å². The zero-order valence-electron chi connectivity index (χ0n) is 26.8. The highest BCUT2D eigenvalue weighted by Gasteiger charge is 2.38. The van der Waals surface area contributed by atoms with E-state index in [-0.39, 0.29) is 10.8 Å². The third kappa shape index (κ3) is 3.52. The summed E-state index contributed by atoms with van der Waals surface area (Å²) >= 11 is 0. The van der Waals surface area contributed by atoms with Gasteiger partial charge in [-0.05, 0) is 75.3 Å². The van der Waals surface area contributed by atoms with Crippen LogP contribution >= 0.6 is 0 Å². The minimum atomic E-state index is -0.149. The molecule has 0 amide bonds. The molecule has 2 aromatic heterocycles. The topological polar surface area (TPSA) is 38.9 Å². The fourth-order valence-electron chi connectivity index (χ4n) is 8.50. The molecule has 0 bridgehead atoms. The highest BCUT2D eigenvalue weighted by atomic mass is 16.3. The van der Waals surface area contributed by atoms with Gasteiger partial charge in [-0.15, -0.1) is 0 Å². The molecule has 0 spiro atoms. The van der Waals surface area contributed by atoms with Crippen LogP contribution in [0.25, 0.3) is 77.7 Å². The lowest BCUT2D eigenvalue weighted by Crippen LogP contribution is -2.15. The molecule has 0 saturated carbocycles. The largest absolute Gasteiger partial charge is 0.456 e. The summed E-state index contributed by atoms with van der Waals surface area (Å²) in [5.41, 5.74) is 16.1. The monoisotopic (exact) mass is 604 g/mol. The van der Waals surface area contributed by atoms with Gasteiger partial charge in [-0.1, -0.05) is 113 Å². The first-order chi connectivity index (χ1) is 22.8. The van der Waals surface area contributed by atoms with Crippen LogP contribution in [-0.4, -0.2) is 9.97 Å². The van der Waals surface area contributed by atoms with Crippen molar-refractivity contribution in [1.82, 2.24) is 9.97 Å². The summed E-state index contributed by atoms with van der Waals surface area (Å²) in [7, 11) is 0. The van der Waals surface area contributed by atoms with Crippen molar-refractivity contribution in [2.75, 3.05) is 0 Å². The van der Waals surface area contributed by atoms with E-state index < -0.39 is 0 Å². The smallest absolute Gasteiger partial charge is 0.160 e. The van der Waals surface area contributed by atoms with Gasteiger partial charge >= 0.3 is 0 Å². The number of nitrogens with zero attached hydrogens (tertiary/aromatic N) is 2. The minimum absolute atomic E-state index is 0.0862. The average molecular weight is 605 g/mol. The molecule has 0 atom stereocenters. The second-order valence-corrected chi connectivity index (χ2v) is 14.2. The Balaban J connectivity index is 1.15. The number of aromatic nitrogens is 2. The summed E-state index contributed by atoms with van der Waals surface area (Å²) < 4.78 is 6.66. The summed E-state index contributed by atoms with van der Waals surface area (Å²) in [5.74, 6) is 0.715. The molecular formula is C44H32N2O. The van der Waals surface area contributed by atoms with Crippen molar-refractivity contribution < 1.29 is 4.42 Å². The first-order valence-corrected chi connectivity index (χ1v) is 16.4. The van der Waals surface area contributed by atoms with Crippen molar-refractivity contribution >= 4 is 32.8 Å². The minimum Gasteiger partial charge on any atom is -0.456 e. The number of hydrogen-bond acceptors (Lipinski definition) is 3. The molecule has 0 unspecified atom stereocenters. The number of furan rings is 1. The number of hydrogen-bond donors (Lipinski definition) is 0. The van der Waals surface area contributed by atoms with E-state index in [1.807, 2.05) is 0 Å². The van der Waals surface area contributed by atoms with E-state index in [9.17, 15) is 0 Å². The van der Waals surface area contributed by atoms with Crippen molar-refractivity contribution in [2.45, 2.75) is 38.5 Å². The molecule has 10 rings (SSSR count). The lowest BCUT2D eigenvalue weighted by Gasteiger charge is -2.22. The van der Waals surface area contributed by atoms with Gasteiger partial charge in [0.2, 0.25) is 0 Å². The Labute approximate surface area is 273 Å². The Bertz CT molecular complexity index is 2640. The molecular weight excluding hydrogens is 572 g/mol. The van der Waals surface area contributed by atoms with Crippen LogP contribution in [0, 0.1) is 0 Å². The zero-order valence-corrected chi connectivity index (χ0v) is 26.8. The third-order valence-electron chi connectivity index (χ3n) is 10.9. The van der Waals surface area contributed by atoms with Gasteiger partial charge < -0.3 is 4.42 Å². The first kappa shape index (κ1) is 26.7. The summed E-state index contributed by atoms with van der Waals surface area (Å²) in [5, 5.41) is 3.27. The van der Waals surface area contributed by atoms with Crippen molar-refractivity contribution in [3.8, 4) is 44.9 Å². The molecule has 0 saturated heterocycles. The molecule has 3 heteroatoms. The second kappa shape index (κ2) is 9.04. The van der Waals surface area contributed by atoms with Crippen LogP contribution in [0.5, 0.6) is 0 Å². The van der Waals surface area contributed by atoms with E-state index >= 15 is 0 Å². The van der Waals surface area contributed by atoms with Crippen molar-refractivity contribution in [3.05, 3.63) is 144 Å². The van der Waals surface area contributed by atoms with Crippen molar-refractivity contribution in [3.63, 3.8) is 0 Å². The van der Waals surface area contributed by atoms with Crippen molar-refractivity contribution in [2.24, 2.45) is 0 Å². The average Bonchev–Trinajstić information content (AvgIpc) is 3.67. The molecule has 0 aliphatic heterocycles. The number of rotatable bonds is 2. The molecule has 0 fully saturated rings. The Morgan fingerprint density at radius 2 is 1.15 bits per heavy atom. The lowest BCUT2D eigenvalue weighted by atomic mass is 9.82. The molecule has 0 radical (unpaired) electrons. The molecule has 47 heavy (non-hydrogen) atoms. The maximum Gasteiger partial charge on any atom is 0.160 e. The Morgan fingerprint density at radius 3 is 1.98 bits per heavy atom. The SMILES string of the molecule is CC1(C)c2ccccc2-c2ccc(-c3nc(-c4ccc5oc6c7c(ccc6c5c4)-c4ccccc4C7(C)C)nc4ccccc34)cc21. The van der Waals surface area contributed by atoms with Crippen LogP contribution < -0.4 is 0 Å². The highest BCUT2D eigenvalue weighted by molar-refractivity contribution is 6.10. The maximum absolute atomic E-state index is 6.66. The fraction of sp³-hybridized carbons (Fsp3) is 0.136. The van der Waals surface area contributed by atoms with Gasteiger partial charge in [-0.2, -0.15) is 0 Å². The molecule has 6 aromatic carbocycles. The Hall–Kier alpha value is -5.54. The fourth-order valence-corrected chi connectivity index (χ4v) is 8.50. The summed E-state index contributed by atoms with van der Waals surface area (Å²) in [4.78, 5) is 10.4. The van der Waals surface area contributed by atoms with Crippen LogP contribution in [0.2, 0.25) is 0 Å². The first-order valence-electron chi connectivity index (χ1n) is 16.4. The maximum atomic E-state index is 6.66. The third-order valence-corrected chi connectivity index (χ3v) is 10.9. The van der Waals surface area contributed by atoms with E-state index in [0.29, 0.717) is 5.82 Å². The predicted molar refractivity (Wildman–Crippen MR) is 193 cm³/mol. The summed E-state index contributed by atoms with van der Waals surface area (Å²) in [6.07, 6.45) is 0. The highest BCUT2D eigenvalue weighted by Crippen LogP contribution is 2.53. The lowest BCUT2D eigenvalue weighted by molar-refractivity contribution is 0.620. The van der Waals surface area contributed by atoms with E-state index in [4.69, 9.17) is 14.4 Å². The standard InChI is InChI=1S/C44H32N2O/c1-43(2)34-14-8-5-11-27(34)29-19-17-25(24-36(29)43)40-32-13-7-10-16-37(32)45-42(46-40)26-18-22-38-33(23-26)31-21-20-30-28-12-6-9-15-35(28)44(3,4)39(30)41(31)47-38/h5-24H,1-4H3. The summed E-state index contributed by atoms with van der Waals surface area (Å²) in [6.45, 7) is 9.26. The molecule has 2 aliphatic carbocycles. The van der Waals surface area contributed by atoms with Crippen LogP contribution in [0.15, 0.2) is 126 Å². The van der Waals surface area contributed by atoms with Gasteiger partial charge in [0, 0.05) is 43.7 Å². The van der Waals surface area contributed by atoms with Crippen LogP contribution in [-0.2, 0) is 10.8 Å². The van der Waals surface area contributed by atoms with Crippen LogP contribution in [0.3, 0.4) is 0 Å². The molecule has 0 N–H and O–H groups in total. The Kier molecular flexibility index (Phi) is 5.13. The van der Waals surface area contributed by atoms with Gasteiger partial charge in [0.05, 0.1) is 11.2 Å². The molecule has 8 aromatic rings.